The zero-order chi connectivity index (χ0) is 17.5. The van der Waals surface area contributed by atoms with Crippen LogP contribution in [0.4, 0.5) is 24.5 Å². The molecule has 1 aliphatic heterocycles. The van der Waals surface area contributed by atoms with Gasteiger partial charge in [-0.1, -0.05) is 17.8 Å². The van der Waals surface area contributed by atoms with Crippen molar-refractivity contribution >= 4 is 38.3 Å². The van der Waals surface area contributed by atoms with Crippen molar-refractivity contribution in [1.29, 1.82) is 0 Å². The topological polar surface area (TPSA) is 62.6 Å². The summed E-state index contributed by atoms with van der Waals surface area (Å²) in [5.74, 6) is 0. The summed E-state index contributed by atoms with van der Waals surface area (Å²) in [6.45, 7) is 0. The minimum atomic E-state index is -4.50. The summed E-state index contributed by atoms with van der Waals surface area (Å²) in [7, 11) is -3.94. The highest BCUT2D eigenvalue weighted by Gasteiger charge is 2.34. The molecule has 1 aromatic heterocycles. The standard InChI is InChI=1S/C14H10F3N3O2S2/c1-23-13-19-24(21,22)12-8-18-6-5-11(12)20(13)10-4-2-3-9(7-10)14(15,16)17/h2-8H,1H3. The van der Waals surface area contributed by atoms with Crippen LogP contribution in [0.2, 0.25) is 0 Å². The largest absolute Gasteiger partial charge is 0.416 e. The average Bonchev–Trinajstić information content (AvgIpc) is 2.53. The van der Waals surface area contributed by atoms with Crippen molar-refractivity contribution in [3.05, 3.63) is 48.3 Å². The maximum atomic E-state index is 13.0. The molecule has 24 heavy (non-hydrogen) atoms. The monoisotopic (exact) mass is 373 g/mol. The Labute approximate surface area is 140 Å². The number of rotatable bonds is 1. The summed E-state index contributed by atoms with van der Waals surface area (Å²) in [6, 6.07) is 6.06. The lowest BCUT2D eigenvalue weighted by atomic mass is 10.1. The number of aromatic nitrogens is 1. The molecule has 0 N–H and O–H groups in total. The van der Waals surface area contributed by atoms with E-state index in [0.29, 0.717) is 0 Å². The van der Waals surface area contributed by atoms with Crippen LogP contribution < -0.4 is 4.90 Å². The van der Waals surface area contributed by atoms with Gasteiger partial charge >= 0.3 is 6.18 Å². The highest BCUT2D eigenvalue weighted by Crippen LogP contribution is 2.40. The van der Waals surface area contributed by atoms with Gasteiger partial charge in [-0.2, -0.15) is 21.6 Å². The smallest absolute Gasteiger partial charge is 0.287 e. The van der Waals surface area contributed by atoms with E-state index in [2.05, 4.69) is 9.38 Å². The van der Waals surface area contributed by atoms with Crippen LogP contribution in [-0.2, 0) is 16.2 Å². The van der Waals surface area contributed by atoms with Gasteiger partial charge in [0.25, 0.3) is 10.0 Å². The second kappa shape index (κ2) is 5.78. The first-order chi connectivity index (χ1) is 11.2. The molecule has 0 fully saturated rings. The highest BCUT2D eigenvalue weighted by molar-refractivity contribution is 8.14. The van der Waals surface area contributed by atoms with E-state index in [4.69, 9.17) is 0 Å². The average molecular weight is 373 g/mol. The number of hydrogen-bond donors (Lipinski definition) is 0. The highest BCUT2D eigenvalue weighted by atomic mass is 32.2. The van der Waals surface area contributed by atoms with E-state index in [1.165, 1.54) is 29.3 Å². The first kappa shape index (κ1) is 16.8. The van der Waals surface area contributed by atoms with Crippen molar-refractivity contribution in [2.24, 2.45) is 4.40 Å². The second-order valence-electron chi connectivity index (χ2n) is 4.78. The number of benzene rings is 1. The molecule has 0 saturated carbocycles. The van der Waals surface area contributed by atoms with E-state index in [1.807, 2.05) is 0 Å². The molecule has 0 spiro atoms. The Morgan fingerprint density at radius 2 is 1.96 bits per heavy atom. The molecule has 2 aromatic rings. The van der Waals surface area contributed by atoms with Crippen LogP contribution in [0.1, 0.15) is 5.56 Å². The molecule has 2 heterocycles. The Morgan fingerprint density at radius 1 is 1.21 bits per heavy atom. The van der Waals surface area contributed by atoms with Gasteiger partial charge in [0, 0.05) is 18.1 Å². The van der Waals surface area contributed by atoms with E-state index in [9.17, 15) is 21.6 Å². The van der Waals surface area contributed by atoms with Crippen molar-refractivity contribution in [2.75, 3.05) is 11.2 Å². The molecule has 126 valence electrons. The number of fused-ring (bicyclic) bond motifs is 1. The van der Waals surface area contributed by atoms with Crippen molar-refractivity contribution < 1.29 is 21.6 Å². The van der Waals surface area contributed by atoms with E-state index in [-0.39, 0.29) is 21.4 Å². The van der Waals surface area contributed by atoms with Gasteiger partial charge in [0.1, 0.15) is 4.90 Å². The fourth-order valence-corrected chi connectivity index (χ4v) is 4.23. The maximum Gasteiger partial charge on any atom is 0.416 e. The number of thioether (sulfide) groups is 1. The second-order valence-corrected chi connectivity index (χ2v) is 7.13. The van der Waals surface area contributed by atoms with Crippen LogP contribution in [0.15, 0.2) is 52.0 Å². The number of sulfonamides is 1. The molecular weight excluding hydrogens is 363 g/mol. The molecule has 0 aliphatic carbocycles. The quantitative estimate of drug-likeness (QED) is 0.763. The Hall–Kier alpha value is -2.07. The SMILES string of the molecule is CSC1=NS(=O)(=O)c2cnccc2N1c1cccc(C(F)(F)F)c1. The molecule has 3 rings (SSSR count). The predicted molar refractivity (Wildman–Crippen MR) is 86.0 cm³/mol. The first-order valence-corrected chi connectivity index (χ1v) is 9.21. The number of halogens is 3. The Kier molecular flexibility index (Phi) is 4.04. The van der Waals surface area contributed by atoms with Crippen molar-refractivity contribution in [2.45, 2.75) is 11.1 Å². The summed E-state index contributed by atoms with van der Waals surface area (Å²) in [5.41, 5.74) is -0.451. The molecule has 0 amide bonds. The van der Waals surface area contributed by atoms with Crippen LogP contribution in [0.25, 0.3) is 0 Å². The first-order valence-electron chi connectivity index (χ1n) is 6.54. The van der Waals surface area contributed by atoms with Crippen molar-refractivity contribution in [3.63, 3.8) is 0 Å². The minimum absolute atomic E-state index is 0.0630. The van der Waals surface area contributed by atoms with Gasteiger partial charge in [0.15, 0.2) is 5.17 Å². The van der Waals surface area contributed by atoms with E-state index >= 15 is 0 Å². The number of anilines is 2. The molecule has 10 heteroatoms. The third kappa shape index (κ3) is 2.86. The van der Waals surface area contributed by atoms with Gasteiger partial charge in [0.05, 0.1) is 11.3 Å². The van der Waals surface area contributed by atoms with Crippen LogP contribution >= 0.6 is 11.8 Å². The molecule has 0 unspecified atom stereocenters. The van der Waals surface area contributed by atoms with Gasteiger partial charge in [0.2, 0.25) is 0 Å². The zero-order valence-electron chi connectivity index (χ0n) is 12.1. The summed E-state index contributed by atoms with van der Waals surface area (Å²) < 4.78 is 67.0. The Bertz CT molecular complexity index is 927. The molecular formula is C14H10F3N3O2S2. The Balaban J connectivity index is 2.23. The summed E-state index contributed by atoms with van der Waals surface area (Å²) in [4.78, 5) is 4.99. The number of hydrogen-bond acceptors (Lipinski definition) is 5. The van der Waals surface area contributed by atoms with E-state index in [0.717, 1.165) is 30.1 Å². The molecule has 5 nitrogen and oxygen atoms in total. The molecule has 1 aliphatic rings. The van der Waals surface area contributed by atoms with Crippen LogP contribution in [0.5, 0.6) is 0 Å². The number of alkyl halides is 3. The third-order valence-electron chi connectivity index (χ3n) is 3.29. The Morgan fingerprint density at radius 3 is 2.62 bits per heavy atom. The van der Waals surface area contributed by atoms with Crippen molar-refractivity contribution in [1.82, 2.24) is 4.98 Å². The maximum absolute atomic E-state index is 13.0. The predicted octanol–water partition coefficient (Wildman–Crippen LogP) is 3.66. The molecule has 0 bridgehead atoms. The van der Waals surface area contributed by atoms with E-state index in [1.54, 1.807) is 6.26 Å². The van der Waals surface area contributed by atoms with Crippen LogP contribution in [0, 0.1) is 0 Å². The summed E-state index contributed by atoms with van der Waals surface area (Å²) in [6.07, 6.45) is -0.402. The van der Waals surface area contributed by atoms with Crippen LogP contribution in [0.3, 0.4) is 0 Å². The lowest BCUT2D eigenvalue weighted by Crippen LogP contribution is -2.29. The number of pyridine rings is 1. The van der Waals surface area contributed by atoms with Gasteiger partial charge < -0.3 is 0 Å². The molecule has 1 aromatic carbocycles. The van der Waals surface area contributed by atoms with Gasteiger partial charge in [-0.25, -0.2) is 0 Å². The fourth-order valence-electron chi connectivity index (χ4n) is 2.25. The van der Waals surface area contributed by atoms with E-state index < -0.39 is 21.8 Å². The number of nitrogens with zero attached hydrogens (tertiary/aromatic N) is 3. The number of amidine groups is 1. The van der Waals surface area contributed by atoms with Crippen molar-refractivity contribution in [3.8, 4) is 0 Å². The lowest BCUT2D eigenvalue weighted by molar-refractivity contribution is -0.137. The van der Waals surface area contributed by atoms with Gasteiger partial charge in [-0.15, -0.1) is 4.40 Å². The summed E-state index contributed by atoms with van der Waals surface area (Å²) >= 11 is 1.02. The lowest BCUT2D eigenvalue weighted by Gasteiger charge is -2.29. The molecule has 0 saturated heterocycles. The fraction of sp³-hybridized carbons (Fsp3) is 0.143. The summed E-state index contributed by atoms with van der Waals surface area (Å²) in [5, 5.41) is 0.0630. The van der Waals surface area contributed by atoms with Gasteiger partial charge in [-0.3, -0.25) is 9.88 Å². The zero-order valence-corrected chi connectivity index (χ0v) is 13.8. The molecule has 0 radical (unpaired) electrons. The normalized spacial score (nSPS) is 16.5. The van der Waals surface area contributed by atoms with Crippen LogP contribution in [-0.4, -0.2) is 24.8 Å². The minimum Gasteiger partial charge on any atom is -0.287 e. The molecule has 0 atom stereocenters. The van der Waals surface area contributed by atoms with Gasteiger partial charge in [-0.05, 0) is 30.5 Å². The third-order valence-corrected chi connectivity index (χ3v) is 5.32.